The minimum atomic E-state index is -0.774. The highest BCUT2D eigenvalue weighted by Crippen LogP contribution is 2.50. The normalized spacial score (nSPS) is 14.1. The number of benzene rings is 2. The van der Waals surface area contributed by atoms with Crippen LogP contribution in [0.3, 0.4) is 0 Å². The van der Waals surface area contributed by atoms with Crippen LogP contribution in [0.25, 0.3) is 16.8 Å². The molecule has 12 nitrogen and oxygen atoms in total. The van der Waals surface area contributed by atoms with Gasteiger partial charge in [0.2, 0.25) is 23.0 Å². The molecular formula is C38H45N5O7. The van der Waals surface area contributed by atoms with Crippen LogP contribution in [-0.2, 0) is 16.0 Å². The lowest BCUT2D eigenvalue weighted by molar-refractivity contribution is -0.120. The van der Waals surface area contributed by atoms with E-state index in [2.05, 4.69) is 21.0 Å². The Kier molecular flexibility index (Phi) is 10.7. The quantitative estimate of drug-likeness (QED) is 0.180. The molecule has 0 aliphatic heterocycles. The molecule has 264 valence electrons. The van der Waals surface area contributed by atoms with Gasteiger partial charge in [0.1, 0.15) is 17.5 Å². The number of methoxy groups -OCH3 is 4. The minimum Gasteiger partial charge on any atom is -0.494 e. The van der Waals surface area contributed by atoms with Crippen molar-refractivity contribution in [1.82, 2.24) is 15.1 Å². The van der Waals surface area contributed by atoms with Gasteiger partial charge in [-0.2, -0.15) is 5.10 Å². The highest BCUT2D eigenvalue weighted by atomic mass is 16.5. The molecular weight excluding hydrogens is 638 g/mol. The summed E-state index contributed by atoms with van der Waals surface area (Å²) in [5.74, 6) is 1.19. The van der Waals surface area contributed by atoms with E-state index in [1.165, 1.54) is 20.1 Å². The van der Waals surface area contributed by atoms with E-state index < -0.39 is 12.1 Å². The van der Waals surface area contributed by atoms with Crippen molar-refractivity contribution in [1.29, 1.82) is 0 Å². The fraction of sp³-hybridized carbons (Fsp3) is 0.368. The molecule has 1 aliphatic rings. The molecule has 12 heteroatoms. The zero-order chi connectivity index (χ0) is 36.3. The van der Waals surface area contributed by atoms with Crippen molar-refractivity contribution in [3.63, 3.8) is 0 Å². The van der Waals surface area contributed by atoms with Crippen molar-refractivity contribution in [3.05, 3.63) is 81.3 Å². The Bertz CT molecular complexity index is 1990. The number of carbonyl (C=O) groups excluding carboxylic acids is 2. The first-order chi connectivity index (χ1) is 23.9. The second-order valence-electron chi connectivity index (χ2n) is 12.7. The largest absolute Gasteiger partial charge is 0.494 e. The third kappa shape index (κ3) is 7.10. The van der Waals surface area contributed by atoms with Gasteiger partial charge in [0.15, 0.2) is 11.5 Å². The minimum absolute atomic E-state index is 0.196. The molecule has 0 unspecified atom stereocenters. The average Bonchev–Trinajstić information content (AvgIpc) is 3.24. The van der Waals surface area contributed by atoms with E-state index in [0.717, 1.165) is 28.2 Å². The van der Waals surface area contributed by atoms with Crippen molar-refractivity contribution in [2.45, 2.75) is 59.5 Å². The number of aryl methyl sites for hydroxylation is 3. The Balaban J connectivity index is 1.53. The molecule has 50 heavy (non-hydrogen) atoms. The molecule has 5 rings (SSSR count). The molecule has 0 bridgehead atoms. The zero-order valence-corrected chi connectivity index (χ0v) is 30.0. The van der Waals surface area contributed by atoms with E-state index in [-0.39, 0.29) is 28.8 Å². The third-order valence-corrected chi connectivity index (χ3v) is 8.86. The number of amides is 2. The smallest absolute Gasteiger partial charge is 0.247 e. The lowest BCUT2D eigenvalue weighted by Gasteiger charge is -2.22. The van der Waals surface area contributed by atoms with Crippen LogP contribution in [0.5, 0.6) is 23.0 Å². The molecule has 2 atom stereocenters. The van der Waals surface area contributed by atoms with Crippen LogP contribution in [0.1, 0.15) is 55.7 Å². The Labute approximate surface area is 292 Å². The summed E-state index contributed by atoms with van der Waals surface area (Å²) in [6, 6.07) is 13.0. The third-order valence-electron chi connectivity index (χ3n) is 8.86. The van der Waals surface area contributed by atoms with Crippen LogP contribution in [0.4, 0.5) is 11.4 Å². The van der Waals surface area contributed by atoms with Gasteiger partial charge in [-0.15, -0.1) is 0 Å². The Morgan fingerprint density at radius 1 is 0.900 bits per heavy atom. The van der Waals surface area contributed by atoms with Gasteiger partial charge in [-0.05, 0) is 85.7 Å². The molecule has 0 fully saturated rings. The summed E-state index contributed by atoms with van der Waals surface area (Å²) in [6.07, 6.45) is 1.11. The standard InChI is InChI=1S/C38H45N5O7/c1-20(2)35(38(46)40-25-11-15-30(32(18-25)47-6)43-22(4)16-21(3)42-43)41-29-14-12-26-27(19-31(29)45)28(39-23(5)44)13-10-24-17-33(48-7)36(49-8)37(50-9)34(24)26/h11-12,14-20,28,35H,10,13H2,1-9H3,(H,39,44)(H,40,46)(H,41,45)/t28-,35-/m0/s1. The summed E-state index contributed by atoms with van der Waals surface area (Å²) >= 11 is 0. The lowest BCUT2D eigenvalue weighted by Crippen LogP contribution is -2.39. The summed E-state index contributed by atoms with van der Waals surface area (Å²) in [5, 5.41) is 13.8. The maximum Gasteiger partial charge on any atom is 0.247 e. The van der Waals surface area contributed by atoms with Gasteiger partial charge < -0.3 is 34.9 Å². The van der Waals surface area contributed by atoms with Crippen molar-refractivity contribution in [2.24, 2.45) is 5.92 Å². The first-order valence-electron chi connectivity index (χ1n) is 16.5. The number of nitrogens with one attached hydrogen (secondary N) is 3. The summed E-state index contributed by atoms with van der Waals surface area (Å²) in [7, 11) is 6.22. The number of rotatable bonds is 11. The molecule has 1 aliphatic carbocycles. The van der Waals surface area contributed by atoms with Gasteiger partial charge in [-0.1, -0.05) is 19.9 Å². The van der Waals surface area contributed by atoms with Crippen LogP contribution in [0, 0.1) is 19.8 Å². The van der Waals surface area contributed by atoms with Crippen molar-refractivity contribution < 1.29 is 28.5 Å². The molecule has 0 saturated heterocycles. The monoisotopic (exact) mass is 683 g/mol. The summed E-state index contributed by atoms with van der Waals surface area (Å²) < 4.78 is 24.6. The first-order valence-corrected chi connectivity index (χ1v) is 16.5. The number of anilines is 2. The lowest BCUT2D eigenvalue weighted by atomic mass is 9.95. The van der Waals surface area contributed by atoms with E-state index in [1.807, 2.05) is 52.0 Å². The number of hydrogen-bond acceptors (Lipinski definition) is 9. The maximum atomic E-state index is 13.9. The van der Waals surface area contributed by atoms with Gasteiger partial charge in [-0.25, -0.2) is 4.68 Å². The van der Waals surface area contributed by atoms with Crippen LogP contribution in [-0.4, -0.2) is 56.1 Å². The Morgan fingerprint density at radius 3 is 2.22 bits per heavy atom. The molecule has 1 heterocycles. The van der Waals surface area contributed by atoms with Crippen LogP contribution < -0.4 is 40.3 Å². The molecule has 2 amide bonds. The first kappa shape index (κ1) is 35.8. The number of fused-ring (bicyclic) bond motifs is 3. The number of nitrogens with zero attached hydrogens (tertiary/aromatic N) is 2. The average molecular weight is 684 g/mol. The molecule has 4 aromatic rings. The SMILES string of the molecule is COc1cc(NC(=O)[C@@H](Nc2ccc3c(cc2=O)[C@@H](NC(C)=O)CCc2cc(OC)c(OC)c(OC)c2-3)C(C)C)ccc1-n1nc(C)cc1C. The molecule has 1 aromatic heterocycles. The zero-order valence-electron chi connectivity index (χ0n) is 30.0. The topological polar surface area (TPSA) is 142 Å². The number of aromatic nitrogens is 2. The molecule has 0 saturated carbocycles. The van der Waals surface area contributed by atoms with Gasteiger partial charge in [0.05, 0.1) is 45.9 Å². The maximum absolute atomic E-state index is 13.9. The molecule has 0 radical (unpaired) electrons. The van der Waals surface area contributed by atoms with Gasteiger partial charge in [-0.3, -0.25) is 14.4 Å². The van der Waals surface area contributed by atoms with E-state index in [9.17, 15) is 14.4 Å². The number of hydrogen-bond donors (Lipinski definition) is 3. The predicted molar refractivity (Wildman–Crippen MR) is 193 cm³/mol. The number of carbonyl (C=O) groups is 2. The van der Waals surface area contributed by atoms with E-state index in [0.29, 0.717) is 52.7 Å². The van der Waals surface area contributed by atoms with Crippen molar-refractivity contribution in [2.75, 3.05) is 39.1 Å². The molecule has 3 aromatic carbocycles. The van der Waals surface area contributed by atoms with Crippen LogP contribution in [0.15, 0.2) is 53.3 Å². The van der Waals surface area contributed by atoms with E-state index in [1.54, 1.807) is 44.2 Å². The van der Waals surface area contributed by atoms with Gasteiger partial charge >= 0.3 is 0 Å². The summed E-state index contributed by atoms with van der Waals surface area (Å²) in [5.41, 5.74) is 5.98. The molecule has 3 N–H and O–H groups in total. The van der Waals surface area contributed by atoms with Gasteiger partial charge in [0, 0.05) is 29.9 Å². The van der Waals surface area contributed by atoms with Crippen molar-refractivity contribution >= 4 is 23.2 Å². The predicted octanol–water partition coefficient (Wildman–Crippen LogP) is 5.75. The van der Waals surface area contributed by atoms with Crippen molar-refractivity contribution in [3.8, 4) is 39.8 Å². The molecule has 0 spiro atoms. The van der Waals surface area contributed by atoms with E-state index in [4.69, 9.17) is 18.9 Å². The summed E-state index contributed by atoms with van der Waals surface area (Å²) in [6.45, 7) is 9.14. The second-order valence-corrected chi connectivity index (χ2v) is 12.7. The van der Waals surface area contributed by atoms with E-state index >= 15 is 0 Å². The van der Waals surface area contributed by atoms with Gasteiger partial charge in [0.25, 0.3) is 0 Å². The summed E-state index contributed by atoms with van der Waals surface area (Å²) in [4.78, 5) is 40.1. The second kappa shape index (κ2) is 14.9. The highest BCUT2D eigenvalue weighted by Gasteiger charge is 2.30. The highest BCUT2D eigenvalue weighted by molar-refractivity contribution is 5.97. The Morgan fingerprint density at radius 2 is 1.62 bits per heavy atom. The Hall–Kier alpha value is -5.52. The van der Waals surface area contributed by atoms with Crippen LogP contribution >= 0.6 is 0 Å². The number of ether oxygens (including phenoxy) is 4. The van der Waals surface area contributed by atoms with Crippen LogP contribution in [0.2, 0.25) is 0 Å². The fourth-order valence-corrected chi connectivity index (χ4v) is 6.55. The fourth-order valence-electron chi connectivity index (χ4n) is 6.55.